The minimum absolute atomic E-state index is 0.209. The second-order valence-corrected chi connectivity index (χ2v) is 2.87. The lowest BCUT2D eigenvalue weighted by molar-refractivity contribution is 0.0569. The van der Waals surface area contributed by atoms with Gasteiger partial charge in [0, 0.05) is 7.11 Å². The molecular formula is C3H8O4S. The zero-order valence-corrected chi connectivity index (χ0v) is 5.56. The van der Waals surface area contributed by atoms with Crippen LogP contribution in [0.5, 0.6) is 0 Å². The lowest BCUT2D eigenvalue weighted by Crippen LogP contribution is -2.04. The van der Waals surface area contributed by atoms with Crippen molar-refractivity contribution >= 4 is 10.1 Å². The Morgan fingerprint density at radius 1 is 1.50 bits per heavy atom. The van der Waals surface area contributed by atoms with Gasteiger partial charge in [-0.15, -0.1) is 0 Å². The predicted octanol–water partition coefficient (Wildman–Crippen LogP) is -0.433. The Hall–Kier alpha value is -0.130. The van der Waals surface area contributed by atoms with E-state index in [-0.39, 0.29) is 6.79 Å². The summed E-state index contributed by atoms with van der Waals surface area (Å²) < 4.78 is 28.6. The summed E-state index contributed by atoms with van der Waals surface area (Å²) in [5, 5.41) is 0. The lowest BCUT2D eigenvalue weighted by atomic mass is 11.4. The second kappa shape index (κ2) is 3.01. The van der Waals surface area contributed by atoms with Gasteiger partial charge in [-0.1, -0.05) is 0 Å². The van der Waals surface area contributed by atoms with E-state index >= 15 is 0 Å². The van der Waals surface area contributed by atoms with E-state index in [1.807, 2.05) is 0 Å². The Morgan fingerprint density at radius 2 is 2.00 bits per heavy atom. The molecule has 0 aromatic carbocycles. The van der Waals surface area contributed by atoms with Crippen LogP contribution >= 0.6 is 0 Å². The SMILES string of the molecule is COCOS(C)(=O)=O. The molecule has 0 spiro atoms. The quantitative estimate of drug-likeness (QED) is 0.394. The zero-order valence-electron chi connectivity index (χ0n) is 4.75. The van der Waals surface area contributed by atoms with Crippen molar-refractivity contribution in [3.63, 3.8) is 0 Å². The molecule has 0 amide bonds. The maximum Gasteiger partial charge on any atom is 0.266 e. The molecule has 0 heterocycles. The third-order valence-electron chi connectivity index (χ3n) is 0.380. The molecule has 5 heteroatoms. The first-order chi connectivity index (χ1) is 3.56. The van der Waals surface area contributed by atoms with Crippen LogP contribution in [0.4, 0.5) is 0 Å². The first kappa shape index (κ1) is 7.87. The highest BCUT2D eigenvalue weighted by molar-refractivity contribution is 7.85. The maximum absolute atomic E-state index is 10.1. The van der Waals surface area contributed by atoms with Crippen LogP contribution in [0.2, 0.25) is 0 Å². The molecule has 0 aliphatic carbocycles. The summed E-state index contributed by atoms with van der Waals surface area (Å²) in [6.45, 7) is -0.209. The number of methoxy groups -OCH3 is 1. The molecule has 0 rings (SSSR count). The molecule has 0 unspecified atom stereocenters. The van der Waals surface area contributed by atoms with Crippen LogP contribution < -0.4 is 0 Å². The van der Waals surface area contributed by atoms with E-state index in [9.17, 15) is 8.42 Å². The Balaban J connectivity index is 3.42. The lowest BCUT2D eigenvalue weighted by Gasteiger charge is -1.95. The maximum atomic E-state index is 10.1. The molecule has 0 aliphatic rings. The first-order valence-corrected chi connectivity index (χ1v) is 3.71. The molecular weight excluding hydrogens is 132 g/mol. The molecule has 0 fully saturated rings. The Bertz CT molecular complexity index is 135. The second-order valence-electron chi connectivity index (χ2n) is 1.23. The van der Waals surface area contributed by atoms with Crippen molar-refractivity contribution < 1.29 is 17.3 Å². The summed E-state index contributed by atoms with van der Waals surface area (Å²) in [4.78, 5) is 0. The van der Waals surface area contributed by atoms with Crippen molar-refractivity contribution in [2.24, 2.45) is 0 Å². The van der Waals surface area contributed by atoms with Gasteiger partial charge in [0.05, 0.1) is 6.26 Å². The fourth-order valence-corrected chi connectivity index (χ4v) is 0.407. The molecule has 8 heavy (non-hydrogen) atoms. The summed E-state index contributed by atoms with van der Waals surface area (Å²) in [5.74, 6) is 0. The van der Waals surface area contributed by atoms with Crippen LogP contribution in [0, 0.1) is 0 Å². The van der Waals surface area contributed by atoms with Crippen LogP contribution in [0.3, 0.4) is 0 Å². The van der Waals surface area contributed by atoms with Gasteiger partial charge in [-0.3, -0.25) is 0 Å². The summed E-state index contributed by atoms with van der Waals surface area (Å²) in [6, 6.07) is 0. The normalized spacial score (nSPS) is 11.8. The van der Waals surface area contributed by atoms with Gasteiger partial charge in [0.15, 0.2) is 6.79 Å². The number of hydrogen-bond donors (Lipinski definition) is 0. The Morgan fingerprint density at radius 3 is 2.12 bits per heavy atom. The largest absolute Gasteiger partial charge is 0.357 e. The van der Waals surface area contributed by atoms with Gasteiger partial charge in [0.25, 0.3) is 10.1 Å². The van der Waals surface area contributed by atoms with Crippen molar-refractivity contribution in [2.45, 2.75) is 0 Å². The molecule has 0 saturated heterocycles. The van der Waals surface area contributed by atoms with E-state index < -0.39 is 10.1 Å². The molecule has 0 aromatic rings. The molecule has 4 nitrogen and oxygen atoms in total. The van der Waals surface area contributed by atoms with E-state index in [1.54, 1.807) is 0 Å². The van der Waals surface area contributed by atoms with Crippen LogP contribution in [0.1, 0.15) is 0 Å². The Labute approximate surface area is 48.5 Å². The van der Waals surface area contributed by atoms with E-state index in [1.165, 1.54) is 7.11 Å². The molecule has 0 bridgehead atoms. The summed E-state index contributed by atoms with van der Waals surface area (Å²) >= 11 is 0. The minimum atomic E-state index is -3.31. The molecule has 0 atom stereocenters. The van der Waals surface area contributed by atoms with Crippen LogP contribution in [-0.2, 0) is 19.0 Å². The summed E-state index contributed by atoms with van der Waals surface area (Å²) in [7, 11) is -1.96. The van der Waals surface area contributed by atoms with Crippen molar-refractivity contribution in [3.8, 4) is 0 Å². The van der Waals surface area contributed by atoms with Gasteiger partial charge in [-0.05, 0) is 0 Å². The van der Waals surface area contributed by atoms with Crippen molar-refractivity contribution in [2.75, 3.05) is 20.2 Å². The molecule has 0 saturated carbocycles. The van der Waals surface area contributed by atoms with E-state index in [0.717, 1.165) is 6.26 Å². The summed E-state index contributed by atoms with van der Waals surface area (Å²) in [6.07, 6.45) is 0.964. The van der Waals surface area contributed by atoms with Crippen molar-refractivity contribution in [3.05, 3.63) is 0 Å². The first-order valence-electron chi connectivity index (χ1n) is 1.89. The van der Waals surface area contributed by atoms with Crippen molar-refractivity contribution in [1.29, 1.82) is 0 Å². The van der Waals surface area contributed by atoms with Crippen LogP contribution in [-0.4, -0.2) is 28.6 Å². The topological polar surface area (TPSA) is 52.6 Å². The third-order valence-corrected chi connectivity index (χ3v) is 0.904. The fourth-order valence-electron chi connectivity index (χ4n) is 0.136. The van der Waals surface area contributed by atoms with Crippen molar-refractivity contribution in [1.82, 2.24) is 0 Å². The molecule has 0 aromatic heterocycles. The molecule has 0 aliphatic heterocycles. The number of rotatable bonds is 3. The average molecular weight is 140 g/mol. The smallest absolute Gasteiger partial charge is 0.266 e. The van der Waals surface area contributed by atoms with Gasteiger partial charge in [0.2, 0.25) is 0 Å². The number of ether oxygens (including phenoxy) is 1. The molecule has 0 radical (unpaired) electrons. The third kappa shape index (κ3) is 5.87. The van der Waals surface area contributed by atoms with Gasteiger partial charge in [-0.25, -0.2) is 4.18 Å². The van der Waals surface area contributed by atoms with E-state index in [0.29, 0.717) is 0 Å². The highest BCUT2D eigenvalue weighted by atomic mass is 32.2. The van der Waals surface area contributed by atoms with Gasteiger partial charge in [0.1, 0.15) is 0 Å². The van der Waals surface area contributed by atoms with E-state index in [4.69, 9.17) is 0 Å². The standard InChI is InChI=1S/C3H8O4S/c1-6-3-7-8(2,4)5/h3H2,1-2H3. The fraction of sp³-hybridized carbons (Fsp3) is 1.00. The predicted molar refractivity (Wildman–Crippen MR) is 27.8 cm³/mol. The van der Waals surface area contributed by atoms with E-state index in [2.05, 4.69) is 8.92 Å². The van der Waals surface area contributed by atoms with Crippen LogP contribution in [0.15, 0.2) is 0 Å². The monoisotopic (exact) mass is 140 g/mol. The molecule has 50 valence electrons. The average Bonchev–Trinajstić information content (AvgIpc) is 1.59. The van der Waals surface area contributed by atoms with Gasteiger partial charge >= 0.3 is 0 Å². The highest BCUT2D eigenvalue weighted by Crippen LogP contribution is 1.83. The van der Waals surface area contributed by atoms with Gasteiger partial charge < -0.3 is 4.74 Å². The zero-order chi connectivity index (χ0) is 6.62. The summed E-state index contributed by atoms with van der Waals surface area (Å²) in [5.41, 5.74) is 0. The van der Waals surface area contributed by atoms with Gasteiger partial charge in [-0.2, -0.15) is 8.42 Å². The highest BCUT2D eigenvalue weighted by Gasteiger charge is 1.97. The molecule has 0 N–H and O–H groups in total. The van der Waals surface area contributed by atoms with Crippen LogP contribution in [0.25, 0.3) is 0 Å². The minimum Gasteiger partial charge on any atom is -0.357 e. The number of hydrogen-bond acceptors (Lipinski definition) is 4. The Kier molecular flexibility index (Phi) is 2.96.